The van der Waals surface area contributed by atoms with Gasteiger partial charge < -0.3 is 0 Å². The molecule has 6 heteroatoms. The standard InChI is InChI=1S/C17H17BrN2O2S/c1-10-4-6-12(7-5-10)9-20-16-14(13(8-18)11(2)23-16)15(21)19(3)17(20)22/h4-7H,8-9H2,1-3H3. The van der Waals surface area contributed by atoms with Crippen LogP contribution in [0.3, 0.4) is 0 Å². The molecule has 0 saturated carbocycles. The molecule has 0 atom stereocenters. The maximum Gasteiger partial charge on any atom is 0.332 e. The van der Waals surface area contributed by atoms with E-state index in [0.717, 1.165) is 20.8 Å². The summed E-state index contributed by atoms with van der Waals surface area (Å²) >= 11 is 4.97. The van der Waals surface area contributed by atoms with Crippen LogP contribution in [0.2, 0.25) is 0 Å². The predicted molar refractivity (Wildman–Crippen MR) is 99.0 cm³/mol. The molecule has 0 radical (unpaired) electrons. The number of benzene rings is 1. The second-order valence-electron chi connectivity index (χ2n) is 5.67. The van der Waals surface area contributed by atoms with Crippen molar-refractivity contribution in [3.63, 3.8) is 0 Å². The van der Waals surface area contributed by atoms with Gasteiger partial charge in [0.1, 0.15) is 4.83 Å². The monoisotopic (exact) mass is 392 g/mol. The third-order valence-electron chi connectivity index (χ3n) is 4.07. The van der Waals surface area contributed by atoms with Crippen LogP contribution in [0.5, 0.6) is 0 Å². The SMILES string of the molecule is Cc1ccc(Cn2c(=O)n(C)c(=O)c3c(CBr)c(C)sc32)cc1. The Labute approximate surface area is 146 Å². The zero-order valence-electron chi connectivity index (χ0n) is 13.2. The predicted octanol–water partition coefficient (Wildman–Crippen LogP) is 3.32. The summed E-state index contributed by atoms with van der Waals surface area (Å²) in [4.78, 5) is 27.0. The highest BCUT2D eigenvalue weighted by Gasteiger charge is 2.18. The van der Waals surface area contributed by atoms with E-state index >= 15 is 0 Å². The molecule has 0 N–H and O–H groups in total. The van der Waals surface area contributed by atoms with Crippen LogP contribution in [0.25, 0.3) is 10.2 Å². The molecule has 0 aliphatic heterocycles. The van der Waals surface area contributed by atoms with Crippen molar-refractivity contribution in [2.75, 3.05) is 0 Å². The summed E-state index contributed by atoms with van der Waals surface area (Å²) in [5.41, 5.74) is 2.71. The van der Waals surface area contributed by atoms with Gasteiger partial charge in [0.15, 0.2) is 0 Å². The number of hydrogen-bond donors (Lipinski definition) is 0. The highest BCUT2D eigenvalue weighted by Crippen LogP contribution is 2.29. The van der Waals surface area contributed by atoms with Gasteiger partial charge >= 0.3 is 5.69 Å². The van der Waals surface area contributed by atoms with E-state index in [1.54, 1.807) is 11.6 Å². The number of alkyl halides is 1. The van der Waals surface area contributed by atoms with Crippen molar-refractivity contribution >= 4 is 37.5 Å². The largest absolute Gasteiger partial charge is 0.332 e. The molecule has 23 heavy (non-hydrogen) atoms. The summed E-state index contributed by atoms with van der Waals surface area (Å²) in [6.07, 6.45) is 0. The van der Waals surface area contributed by atoms with E-state index in [-0.39, 0.29) is 11.2 Å². The lowest BCUT2D eigenvalue weighted by Gasteiger charge is -2.10. The van der Waals surface area contributed by atoms with E-state index in [2.05, 4.69) is 15.9 Å². The first-order chi connectivity index (χ1) is 10.9. The molecule has 0 saturated heterocycles. The second kappa shape index (κ2) is 6.09. The number of nitrogens with zero attached hydrogens (tertiary/aromatic N) is 2. The molecule has 0 unspecified atom stereocenters. The van der Waals surface area contributed by atoms with Crippen molar-refractivity contribution in [2.45, 2.75) is 25.7 Å². The lowest BCUT2D eigenvalue weighted by molar-refractivity contribution is 0.677. The first-order valence-corrected chi connectivity index (χ1v) is 9.21. The van der Waals surface area contributed by atoms with Crippen LogP contribution in [-0.4, -0.2) is 9.13 Å². The number of aromatic nitrogens is 2. The van der Waals surface area contributed by atoms with Crippen molar-refractivity contribution in [2.24, 2.45) is 7.05 Å². The fraction of sp³-hybridized carbons (Fsp3) is 0.294. The maximum atomic E-state index is 12.6. The van der Waals surface area contributed by atoms with E-state index in [1.807, 2.05) is 38.1 Å². The Morgan fingerprint density at radius 2 is 1.78 bits per heavy atom. The van der Waals surface area contributed by atoms with Gasteiger partial charge in [-0.1, -0.05) is 45.8 Å². The Bertz CT molecular complexity index is 997. The molecule has 2 heterocycles. The molecule has 4 nitrogen and oxygen atoms in total. The molecule has 1 aromatic carbocycles. The van der Waals surface area contributed by atoms with Crippen molar-refractivity contribution in [3.8, 4) is 0 Å². The Morgan fingerprint density at radius 1 is 1.13 bits per heavy atom. The zero-order chi connectivity index (χ0) is 16.7. The number of hydrogen-bond acceptors (Lipinski definition) is 3. The lowest BCUT2D eigenvalue weighted by atomic mass is 10.1. The number of halogens is 1. The van der Waals surface area contributed by atoms with Gasteiger partial charge in [-0.05, 0) is 25.0 Å². The third-order valence-corrected chi connectivity index (χ3v) is 5.80. The van der Waals surface area contributed by atoms with E-state index in [1.165, 1.54) is 21.5 Å². The molecule has 3 rings (SSSR count). The minimum atomic E-state index is -0.273. The fourth-order valence-electron chi connectivity index (χ4n) is 2.67. The lowest BCUT2D eigenvalue weighted by Crippen LogP contribution is -2.38. The van der Waals surface area contributed by atoms with Crippen LogP contribution in [0, 0.1) is 13.8 Å². The molecule has 0 aliphatic rings. The average Bonchev–Trinajstić information content (AvgIpc) is 2.87. The summed E-state index contributed by atoms with van der Waals surface area (Å²) in [5, 5.41) is 1.26. The van der Waals surface area contributed by atoms with E-state index in [4.69, 9.17) is 0 Å². The molecule has 2 aromatic heterocycles. The van der Waals surface area contributed by atoms with Crippen LogP contribution in [0.4, 0.5) is 0 Å². The molecule has 0 amide bonds. The van der Waals surface area contributed by atoms with Crippen molar-refractivity contribution in [3.05, 3.63) is 66.7 Å². The number of thiophene rings is 1. The molecule has 0 bridgehead atoms. The van der Waals surface area contributed by atoms with Crippen molar-refractivity contribution in [1.29, 1.82) is 0 Å². The van der Waals surface area contributed by atoms with Crippen LogP contribution in [0.15, 0.2) is 33.9 Å². The molecular weight excluding hydrogens is 376 g/mol. The van der Waals surface area contributed by atoms with Gasteiger partial charge in [-0.15, -0.1) is 11.3 Å². The minimum Gasteiger partial charge on any atom is -0.280 e. The average molecular weight is 393 g/mol. The fourth-order valence-corrected chi connectivity index (χ4v) is 4.71. The number of fused-ring (bicyclic) bond motifs is 1. The Balaban J connectivity index is 2.30. The van der Waals surface area contributed by atoms with Gasteiger partial charge in [0.25, 0.3) is 5.56 Å². The van der Waals surface area contributed by atoms with Gasteiger partial charge in [-0.25, -0.2) is 4.79 Å². The molecule has 0 fully saturated rings. The summed E-state index contributed by atoms with van der Waals surface area (Å²) in [5.74, 6) is 0. The quantitative estimate of drug-likeness (QED) is 0.641. The first kappa shape index (κ1) is 16.2. The van der Waals surface area contributed by atoms with Crippen LogP contribution < -0.4 is 11.2 Å². The Hall–Kier alpha value is -1.66. The van der Waals surface area contributed by atoms with Gasteiger partial charge in [0.2, 0.25) is 0 Å². The zero-order valence-corrected chi connectivity index (χ0v) is 15.6. The van der Waals surface area contributed by atoms with E-state index in [9.17, 15) is 9.59 Å². The topological polar surface area (TPSA) is 44.0 Å². The molecule has 3 aromatic rings. The van der Waals surface area contributed by atoms with Crippen molar-refractivity contribution in [1.82, 2.24) is 9.13 Å². The second-order valence-corrected chi connectivity index (χ2v) is 7.43. The highest BCUT2D eigenvalue weighted by atomic mass is 79.9. The maximum absolute atomic E-state index is 12.6. The first-order valence-electron chi connectivity index (χ1n) is 7.27. The summed E-state index contributed by atoms with van der Waals surface area (Å²) in [6.45, 7) is 4.48. The van der Waals surface area contributed by atoms with E-state index in [0.29, 0.717) is 17.3 Å². The molecule has 0 aliphatic carbocycles. The Morgan fingerprint density at radius 3 is 2.39 bits per heavy atom. The van der Waals surface area contributed by atoms with Gasteiger partial charge in [-0.3, -0.25) is 13.9 Å². The van der Waals surface area contributed by atoms with E-state index < -0.39 is 0 Å². The number of rotatable bonds is 3. The third kappa shape index (κ3) is 2.70. The molecule has 120 valence electrons. The summed E-state index contributed by atoms with van der Waals surface area (Å²) in [6, 6.07) is 8.10. The van der Waals surface area contributed by atoms with Gasteiger partial charge in [-0.2, -0.15) is 0 Å². The van der Waals surface area contributed by atoms with Gasteiger partial charge in [0, 0.05) is 17.3 Å². The smallest absolute Gasteiger partial charge is 0.280 e. The van der Waals surface area contributed by atoms with Crippen LogP contribution in [0.1, 0.15) is 21.6 Å². The van der Waals surface area contributed by atoms with Gasteiger partial charge in [0.05, 0.1) is 11.9 Å². The van der Waals surface area contributed by atoms with Crippen molar-refractivity contribution < 1.29 is 0 Å². The van der Waals surface area contributed by atoms with Crippen LogP contribution in [-0.2, 0) is 18.9 Å². The molecular formula is C17H17BrN2O2S. The summed E-state index contributed by atoms with van der Waals surface area (Å²) < 4.78 is 2.90. The number of aryl methyl sites for hydroxylation is 2. The normalized spacial score (nSPS) is 11.3. The highest BCUT2D eigenvalue weighted by molar-refractivity contribution is 9.08. The molecule has 0 spiro atoms. The Kier molecular flexibility index (Phi) is 4.29. The minimum absolute atomic E-state index is 0.219. The summed E-state index contributed by atoms with van der Waals surface area (Å²) in [7, 11) is 1.54. The van der Waals surface area contributed by atoms with Crippen LogP contribution >= 0.6 is 27.3 Å².